The third-order valence-corrected chi connectivity index (χ3v) is 3.91. The summed E-state index contributed by atoms with van der Waals surface area (Å²) in [5.41, 5.74) is 1.70. The van der Waals surface area contributed by atoms with E-state index in [2.05, 4.69) is 5.32 Å². The average Bonchev–Trinajstić information content (AvgIpc) is 2.61. The fourth-order valence-electron chi connectivity index (χ4n) is 2.60. The Morgan fingerprint density at radius 3 is 2.64 bits per heavy atom. The molecule has 128 valence electrons. The molecule has 5 nitrogen and oxygen atoms in total. The molecule has 0 aliphatic carbocycles. The lowest BCUT2D eigenvalue weighted by molar-refractivity contribution is -0.122. The van der Waals surface area contributed by atoms with Crippen molar-refractivity contribution >= 4 is 22.6 Å². The van der Waals surface area contributed by atoms with Crippen LogP contribution in [0.4, 0.5) is 5.69 Å². The van der Waals surface area contributed by atoms with E-state index in [0.29, 0.717) is 17.0 Å². The van der Waals surface area contributed by atoms with Crippen LogP contribution in [0.15, 0.2) is 63.8 Å². The zero-order valence-electron chi connectivity index (χ0n) is 14.1. The molecule has 3 rings (SSSR count). The Labute approximate surface area is 145 Å². The molecular weight excluding hydrogens is 318 g/mol. The zero-order chi connectivity index (χ0) is 17.8. The Bertz CT molecular complexity index is 947. The number of amides is 1. The summed E-state index contributed by atoms with van der Waals surface area (Å²) in [5.74, 6) is 0.217. The van der Waals surface area contributed by atoms with E-state index in [1.54, 1.807) is 19.1 Å². The number of anilines is 1. The lowest BCUT2D eigenvalue weighted by Gasteiger charge is -2.15. The number of ether oxygens (including phenoxy) is 1. The summed E-state index contributed by atoms with van der Waals surface area (Å²) >= 11 is 0. The number of hydrogen-bond donors (Lipinski definition) is 1. The van der Waals surface area contributed by atoms with Crippen molar-refractivity contribution in [2.75, 3.05) is 5.32 Å². The third-order valence-electron chi connectivity index (χ3n) is 3.91. The molecular formula is C20H19NO4. The van der Waals surface area contributed by atoms with Crippen LogP contribution in [0.25, 0.3) is 11.0 Å². The van der Waals surface area contributed by atoms with Gasteiger partial charge in [0, 0.05) is 23.2 Å². The maximum absolute atomic E-state index is 12.2. The number of carbonyl (C=O) groups is 1. The quantitative estimate of drug-likeness (QED) is 0.720. The van der Waals surface area contributed by atoms with Crippen molar-refractivity contribution in [1.29, 1.82) is 0 Å². The van der Waals surface area contributed by atoms with E-state index >= 15 is 0 Å². The first kappa shape index (κ1) is 16.8. The van der Waals surface area contributed by atoms with Gasteiger partial charge < -0.3 is 14.5 Å². The molecule has 0 aliphatic heterocycles. The second-order valence-corrected chi connectivity index (χ2v) is 5.72. The predicted molar refractivity (Wildman–Crippen MR) is 97.0 cm³/mol. The minimum Gasteiger partial charge on any atom is -0.481 e. The molecule has 1 atom stereocenters. The van der Waals surface area contributed by atoms with Crippen molar-refractivity contribution in [2.45, 2.75) is 26.4 Å². The predicted octanol–water partition coefficient (Wildman–Crippen LogP) is 3.76. The maximum atomic E-state index is 12.2. The molecule has 3 aromatic rings. The Kier molecular flexibility index (Phi) is 4.84. The fraction of sp³-hybridized carbons (Fsp3) is 0.200. The molecule has 1 aromatic heterocycles. The molecule has 1 heterocycles. The smallest absolute Gasteiger partial charge is 0.336 e. The van der Waals surface area contributed by atoms with Gasteiger partial charge in [-0.05, 0) is 43.2 Å². The van der Waals surface area contributed by atoms with Crippen LogP contribution in [0, 0.1) is 0 Å². The summed E-state index contributed by atoms with van der Waals surface area (Å²) < 4.78 is 10.9. The number of hydrogen-bond acceptors (Lipinski definition) is 4. The molecule has 2 aromatic carbocycles. The monoisotopic (exact) mass is 337 g/mol. The highest BCUT2D eigenvalue weighted by Gasteiger charge is 2.15. The van der Waals surface area contributed by atoms with Gasteiger partial charge in [-0.1, -0.05) is 25.1 Å². The van der Waals surface area contributed by atoms with Crippen LogP contribution in [-0.2, 0) is 11.2 Å². The van der Waals surface area contributed by atoms with E-state index < -0.39 is 11.7 Å². The number of fused-ring (bicyclic) bond motifs is 1. The number of aryl methyl sites for hydroxylation is 1. The van der Waals surface area contributed by atoms with Gasteiger partial charge in [-0.15, -0.1) is 0 Å². The molecule has 0 bridgehead atoms. The lowest BCUT2D eigenvalue weighted by atomic mass is 10.1. The molecule has 1 N–H and O–H groups in total. The van der Waals surface area contributed by atoms with Gasteiger partial charge >= 0.3 is 5.63 Å². The van der Waals surface area contributed by atoms with Crippen LogP contribution in [0.1, 0.15) is 19.4 Å². The molecule has 0 saturated heterocycles. The van der Waals surface area contributed by atoms with Crippen molar-refractivity contribution < 1.29 is 13.9 Å². The van der Waals surface area contributed by atoms with Crippen LogP contribution in [0.3, 0.4) is 0 Å². The molecule has 0 spiro atoms. The number of rotatable bonds is 5. The fourth-order valence-corrected chi connectivity index (χ4v) is 2.60. The standard InChI is InChI=1S/C20H19NO4/c1-3-14-11-19(22)25-18-12-16(9-10-17(14)18)24-13(2)20(23)21-15-7-5-4-6-8-15/h4-13H,3H2,1-2H3,(H,21,23). The van der Waals surface area contributed by atoms with E-state index in [1.165, 1.54) is 6.07 Å². The van der Waals surface area contributed by atoms with Gasteiger partial charge in [0.25, 0.3) is 5.91 Å². The summed E-state index contributed by atoms with van der Waals surface area (Å²) in [6, 6.07) is 15.9. The summed E-state index contributed by atoms with van der Waals surface area (Å²) in [7, 11) is 0. The molecule has 1 unspecified atom stereocenters. The van der Waals surface area contributed by atoms with E-state index in [0.717, 1.165) is 17.4 Å². The molecule has 0 aliphatic rings. The van der Waals surface area contributed by atoms with Crippen molar-refractivity contribution in [3.8, 4) is 5.75 Å². The third kappa shape index (κ3) is 3.88. The molecule has 0 radical (unpaired) electrons. The van der Waals surface area contributed by atoms with Crippen LogP contribution in [-0.4, -0.2) is 12.0 Å². The number of carbonyl (C=O) groups excluding carboxylic acids is 1. The summed E-state index contributed by atoms with van der Waals surface area (Å²) in [4.78, 5) is 23.9. The Hall–Kier alpha value is -3.08. The Morgan fingerprint density at radius 1 is 1.16 bits per heavy atom. The van der Waals surface area contributed by atoms with E-state index in [1.807, 2.05) is 43.3 Å². The summed E-state index contributed by atoms with van der Waals surface area (Å²) in [6.07, 6.45) is 0.0387. The Balaban J connectivity index is 1.78. The highest BCUT2D eigenvalue weighted by molar-refractivity contribution is 5.94. The average molecular weight is 337 g/mol. The molecule has 0 fully saturated rings. The summed E-state index contributed by atoms with van der Waals surface area (Å²) in [5, 5.41) is 3.66. The molecule has 5 heteroatoms. The second-order valence-electron chi connectivity index (χ2n) is 5.72. The lowest BCUT2D eigenvalue weighted by Crippen LogP contribution is -2.30. The van der Waals surface area contributed by atoms with Gasteiger partial charge in [-0.25, -0.2) is 4.79 Å². The van der Waals surface area contributed by atoms with Gasteiger partial charge in [0.15, 0.2) is 6.10 Å². The topological polar surface area (TPSA) is 68.5 Å². The minimum absolute atomic E-state index is 0.255. The van der Waals surface area contributed by atoms with Crippen molar-refractivity contribution in [3.05, 3.63) is 70.6 Å². The van der Waals surface area contributed by atoms with Gasteiger partial charge in [0.1, 0.15) is 11.3 Å². The molecule has 1 amide bonds. The van der Waals surface area contributed by atoms with Crippen LogP contribution in [0.5, 0.6) is 5.75 Å². The van der Waals surface area contributed by atoms with Gasteiger partial charge in [0.05, 0.1) is 0 Å². The zero-order valence-corrected chi connectivity index (χ0v) is 14.1. The van der Waals surface area contributed by atoms with Crippen molar-refractivity contribution in [2.24, 2.45) is 0 Å². The number of para-hydroxylation sites is 1. The second kappa shape index (κ2) is 7.21. The van der Waals surface area contributed by atoms with Crippen molar-refractivity contribution in [3.63, 3.8) is 0 Å². The molecule has 25 heavy (non-hydrogen) atoms. The van der Waals surface area contributed by atoms with Crippen LogP contribution >= 0.6 is 0 Å². The van der Waals surface area contributed by atoms with Crippen LogP contribution < -0.4 is 15.7 Å². The highest BCUT2D eigenvalue weighted by atomic mass is 16.5. The summed E-state index contributed by atoms with van der Waals surface area (Å²) in [6.45, 7) is 3.65. The first-order valence-corrected chi connectivity index (χ1v) is 8.16. The van der Waals surface area contributed by atoms with Crippen molar-refractivity contribution in [1.82, 2.24) is 0 Å². The number of benzene rings is 2. The highest BCUT2D eigenvalue weighted by Crippen LogP contribution is 2.24. The van der Waals surface area contributed by atoms with Gasteiger partial charge in [-0.2, -0.15) is 0 Å². The molecule has 0 saturated carbocycles. The Morgan fingerprint density at radius 2 is 1.92 bits per heavy atom. The van der Waals surface area contributed by atoms with E-state index in [9.17, 15) is 9.59 Å². The largest absolute Gasteiger partial charge is 0.481 e. The first-order chi connectivity index (χ1) is 12.1. The van der Waals surface area contributed by atoms with E-state index in [4.69, 9.17) is 9.15 Å². The minimum atomic E-state index is -0.696. The first-order valence-electron chi connectivity index (χ1n) is 8.16. The van der Waals surface area contributed by atoms with Gasteiger partial charge in [0.2, 0.25) is 0 Å². The van der Waals surface area contributed by atoms with E-state index in [-0.39, 0.29) is 5.91 Å². The normalized spacial score (nSPS) is 11.9. The SMILES string of the molecule is CCc1cc(=O)oc2cc(OC(C)C(=O)Nc3ccccc3)ccc12. The van der Waals surface area contributed by atoms with Gasteiger partial charge in [-0.3, -0.25) is 4.79 Å². The van der Waals surface area contributed by atoms with Crippen LogP contribution in [0.2, 0.25) is 0 Å². The number of nitrogens with one attached hydrogen (secondary N) is 1. The maximum Gasteiger partial charge on any atom is 0.336 e.